The Morgan fingerprint density at radius 3 is 2.18 bits per heavy atom. The third-order valence-corrected chi connectivity index (χ3v) is 7.83. The van der Waals surface area contributed by atoms with Crippen LogP contribution in [0.25, 0.3) is 0 Å². The largest absolute Gasteiger partial charge is 0.357 e. The first-order chi connectivity index (χ1) is 18.1. The first-order valence-electron chi connectivity index (χ1n) is 12.4. The number of nitrogens with zero attached hydrogens (tertiary/aromatic N) is 2. The third kappa shape index (κ3) is 8.07. The van der Waals surface area contributed by atoms with E-state index in [1.54, 1.807) is 36.2 Å². The maximum Gasteiger partial charge on any atom is 0.242 e. The smallest absolute Gasteiger partial charge is 0.242 e. The predicted octanol–water partition coefficient (Wildman–Crippen LogP) is 4.58. The molecule has 0 saturated heterocycles. The van der Waals surface area contributed by atoms with Gasteiger partial charge in [-0.1, -0.05) is 66.2 Å². The molecule has 0 aliphatic rings. The van der Waals surface area contributed by atoms with Crippen molar-refractivity contribution in [3.05, 3.63) is 101 Å². The summed E-state index contributed by atoms with van der Waals surface area (Å²) in [6.45, 7) is 2.36. The Morgan fingerprint density at radius 2 is 1.58 bits per heavy atom. The minimum Gasteiger partial charge on any atom is -0.357 e. The van der Waals surface area contributed by atoms with Gasteiger partial charge in [-0.15, -0.1) is 0 Å². The average Bonchev–Trinajstić information content (AvgIpc) is 2.89. The van der Waals surface area contributed by atoms with E-state index < -0.39 is 16.1 Å². The van der Waals surface area contributed by atoms with Gasteiger partial charge in [0.2, 0.25) is 21.8 Å². The molecule has 0 saturated carbocycles. The normalized spacial score (nSPS) is 12.0. The van der Waals surface area contributed by atoms with E-state index in [9.17, 15) is 18.0 Å². The summed E-state index contributed by atoms with van der Waals surface area (Å²) in [5.74, 6) is -0.475. The van der Waals surface area contributed by atoms with E-state index in [-0.39, 0.29) is 37.7 Å². The molecule has 3 rings (SSSR count). The third-order valence-electron chi connectivity index (χ3n) is 6.39. The van der Waals surface area contributed by atoms with Gasteiger partial charge in [-0.2, -0.15) is 0 Å². The maximum absolute atomic E-state index is 13.7. The van der Waals surface area contributed by atoms with Gasteiger partial charge in [0.25, 0.3) is 0 Å². The molecule has 0 aliphatic carbocycles. The lowest BCUT2D eigenvalue weighted by atomic mass is 10.0. The number of carbonyl (C=O) groups excluding carboxylic acids is 2. The molecular formula is C29H34ClN3O4S. The van der Waals surface area contributed by atoms with E-state index in [0.29, 0.717) is 17.1 Å². The number of aryl methyl sites for hydroxylation is 1. The molecule has 0 radical (unpaired) electrons. The highest BCUT2D eigenvalue weighted by atomic mass is 35.5. The molecule has 0 aliphatic heterocycles. The van der Waals surface area contributed by atoms with Crippen LogP contribution < -0.4 is 9.62 Å². The topological polar surface area (TPSA) is 86.8 Å². The Balaban J connectivity index is 1.84. The molecule has 38 heavy (non-hydrogen) atoms. The lowest BCUT2D eigenvalue weighted by Gasteiger charge is -2.32. The van der Waals surface area contributed by atoms with Crippen molar-refractivity contribution in [1.82, 2.24) is 10.2 Å². The summed E-state index contributed by atoms with van der Waals surface area (Å²) >= 11 is 5.96. The molecule has 9 heteroatoms. The SMILES string of the molecule is CNC(=O)C(Cc1ccccc1)N(Cc1ccccc1C)C(=O)CCCN(c1ccc(Cl)cc1)S(C)(=O)=O. The van der Waals surface area contributed by atoms with E-state index in [4.69, 9.17) is 11.6 Å². The summed E-state index contributed by atoms with van der Waals surface area (Å²) in [6, 6.07) is 23.1. The van der Waals surface area contributed by atoms with Gasteiger partial charge >= 0.3 is 0 Å². The molecular weight excluding hydrogens is 522 g/mol. The second-order valence-electron chi connectivity index (χ2n) is 9.18. The van der Waals surface area contributed by atoms with Gasteiger partial charge in [0.05, 0.1) is 11.9 Å². The highest BCUT2D eigenvalue weighted by Crippen LogP contribution is 2.22. The molecule has 0 fully saturated rings. The molecule has 0 bridgehead atoms. The van der Waals surface area contributed by atoms with Crippen LogP contribution in [0.4, 0.5) is 5.69 Å². The number of hydrogen-bond acceptors (Lipinski definition) is 4. The molecule has 1 N–H and O–H groups in total. The Bertz CT molecular complexity index is 1330. The van der Waals surface area contributed by atoms with Crippen LogP contribution in [0.15, 0.2) is 78.9 Å². The summed E-state index contributed by atoms with van der Waals surface area (Å²) in [5.41, 5.74) is 3.39. The van der Waals surface area contributed by atoms with Gasteiger partial charge in [-0.25, -0.2) is 8.42 Å². The minimum atomic E-state index is -3.58. The fourth-order valence-electron chi connectivity index (χ4n) is 4.30. The van der Waals surface area contributed by atoms with Gasteiger partial charge in [-0.3, -0.25) is 13.9 Å². The number of halogens is 1. The van der Waals surface area contributed by atoms with Crippen molar-refractivity contribution in [3.8, 4) is 0 Å². The summed E-state index contributed by atoms with van der Waals surface area (Å²) in [6.07, 6.45) is 1.85. The van der Waals surface area contributed by atoms with E-state index in [1.807, 2.05) is 61.5 Å². The molecule has 0 spiro atoms. The van der Waals surface area contributed by atoms with Gasteiger partial charge in [0.1, 0.15) is 6.04 Å². The number of nitrogens with one attached hydrogen (secondary N) is 1. The molecule has 0 heterocycles. The second kappa shape index (κ2) is 13.4. The summed E-state index contributed by atoms with van der Waals surface area (Å²) in [7, 11) is -2.01. The van der Waals surface area contributed by atoms with E-state index in [1.165, 1.54) is 4.31 Å². The van der Waals surface area contributed by atoms with Crippen molar-refractivity contribution >= 4 is 39.1 Å². The molecule has 202 valence electrons. The Morgan fingerprint density at radius 1 is 0.947 bits per heavy atom. The zero-order valence-corrected chi connectivity index (χ0v) is 23.5. The van der Waals surface area contributed by atoms with Crippen molar-refractivity contribution < 1.29 is 18.0 Å². The Labute approximate surface area is 230 Å². The monoisotopic (exact) mass is 555 g/mol. The summed E-state index contributed by atoms with van der Waals surface area (Å²) in [4.78, 5) is 28.4. The number of carbonyl (C=O) groups is 2. The molecule has 3 aromatic carbocycles. The van der Waals surface area contributed by atoms with Gasteiger partial charge < -0.3 is 10.2 Å². The van der Waals surface area contributed by atoms with E-state index in [0.717, 1.165) is 22.9 Å². The number of likely N-dealkylation sites (N-methyl/N-ethyl adjacent to an activating group) is 1. The molecule has 7 nitrogen and oxygen atoms in total. The fourth-order valence-corrected chi connectivity index (χ4v) is 5.39. The Kier molecular flexibility index (Phi) is 10.3. The maximum atomic E-state index is 13.7. The van der Waals surface area contributed by atoms with E-state index >= 15 is 0 Å². The quantitative estimate of drug-likeness (QED) is 0.354. The Hall–Kier alpha value is -3.36. The van der Waals surface area contributed by atoms with Crippen LogP contribution in [0.1, 0.15) is 29.5 Å². The highest BCUT2D eigenvalue weighted by molar-refractivity contribution is 7.92. The van der Waals surface area contributed by atoms with Crippen LogP contribution in [0.2, 0.25) is 5.02 Å². The van der Waals surface area contributed by atoms with Gasteiger partial charge in [-0.05, 0) is 54.3 Å². The number of amides is 2. The van der Waals surface area contributed by atoms with Crippen LogP contribution in [0.5, 0.6) is 0 Å². The zero-order valence-electron chi connectivity index (χ0n) is 21.9. The number of rotatable bonds is 12. The first kappa shape index (κ1) is 29.2. The molecule has 2 amide bonds. The lowest BCUT2D eigenvalue weighted by Crippen LogP contribution is -2.50. The summed E-state index contributed by atoms with van der Waals surface area (Å²) < 4.78 is 26.2. The zero-order chi connectivity index (χ0) is 27.7. The number of anilines is 1. The second-order valence-corrected chi connectivity index (χ2v) is 11.5. The molecule has 1 unspecified atom stereocenters. The van der Waals surface area contributed by atoms with Crippen LogP contribution in [0.3, 0.4) is 0 Å². The van der Waals surface area contributed by atoms with Crippen molar-refractivity contribution in [2.24, 2.45) is 0 Å². The lowest BCUT2D eigenvalue weighted by molar-refractivity contribution is -0.141. The predicted molar refractivity (Wildman–Crippen MR) is 153 cm³/mol. The van der Waals surface area contributed by atoms with Crippen molar-refractivity contribution in [3.63, 3.8) is 0 Å². The molecule has 0 aromatic heterocycles. The van der Waals surface area contributed by atoms with Crippen LogP contribution in [0, 0.1) is 6.92 Å². The van der Waals surface area contributed by atoms with Crippen LogP contribution in [-0.4, -0.2) is 51.0 Å². The average molecular weight is 556 g/mol. The van der Waals surface area contributed by atoms with Crippen LogP contribution >= 0.6 is 11.6 Å². The van der Waals surface area contributed by atoms with E-state index in [2.05, 4.69) is 5.32 Å². The van der Waals surface area contributed by atoms with Gasteiger partial charge in [0.15, 0.2) is 0 Å². The van der Waals surface area contributed by atoms with Crippen molar-refractivity contribution in [2.45, 2.75) is 38.8 Å². The standard InChI is InChI=1S/C29H34ClN3O4S/c1-22-10-7-8-13-24(22)21-32(27(29(35)31-2)20-23-11-5-4-6-12-23)28(34)14-9-19-33(38(3,36)37)26-17-15-25(30)16-18-26/h4-8,10-13,15-18,27H,9,14,19-21H2,1-3H3,(H,31,35). The summed E-state index contributed by atoms with van der Waals surface area (Å²) in [5, 5.41) is 3.21. The van der Waals surface area contributed by atoms with Gasteiger partial charge in [0, 0.05) is 38.0 Å². The highest BCUT2D eigenvalue weighted by Gasteiger charge is 2.30. The number of benzene rings is 3. The number of sulfonamides is 1. The van der Waals surface area contributed by atoms with Crippen molar-refractivity contribution in [1.29, 1.82) is 0 Å². The molecule has 3 aromatic rings. The fraction of sp³-hybridized carbons (Fsp3) is 0.310. The van der Waals surface area contributed by atoms with Crippen LogP contribution in [-0.2, 0) is 32.6 Å². The minimum absolute atomic E-state index is 0.0772. The first-order valence-corrected chi connectivity index (χ1v) is 14.7. The molecule has 1 atom stereocenters. The van der Waals surface area contributed by atoms with Crippen molar-refractivity contribution in [2.75, 3.05) is 24.2 Å². The number of hydrogen-bond donors (Lipinski definition) is 1.